The highest BCUT2D eigenvalue weighted by Gasteiger charge is 2.20. The van der Waals surface area contributed by atoms with Gasteiger partial charge >= 0.3 is 11.8 Å². The van der Waals surface area contributed by atoms with Crippen LogP contribution < -0.4 is 4.74 Å². The van der Waals surface area contributed by atoms with Gasteiger partial charge in [0, 0.05) is 30.0 Å². The molecule has 0 radical (unpaired) electrons. The maximum atomic E-state index is 12.3. The monoisotopic (exact) mass is 475 g/mol. The summed E-state index contributed by atoms with van der Waals surface area (Å²) >= 11 is 0. The number of esters is 1. The number of azide groups is 1. The molecule has 0 bridgehead atoms. The van der Waals surface area contributed by atoms with Gasteiger partial charge in [0.2, 0.25) is 0 Å². The molecule has 1 aromatic carbocycles. The fourth-order valence-corrected chi connectivity index (χ4v) is 3.18. The molecule has 34 heavy (non-hydrogen) atoms. The Kier molecular flexibility index (Phi) is 10.3. The summed E-state index contributed by atoms with van der Waals surface area (Å²) in [6.07, 6.45) is 4.09. The largest absolute Gasteiger partial charge is 0.494 e. The number of hydrogen-bond donors (Lipinski definition) is 0. The lowest BCUT2D eigenvalue weighted by Crippen LogP contribution is -2.15. The number of rotatable bonds is 15. The third-order valence-corrected chi connectivity index (χ3v) is 4.87. The molecule has 14 nitrogen and oxygen atoms in total. The van der Waals surface area contributed by atoms with Crippen LogP contribution in [-0.2, 0) is 22.5 Å². The molecule has 0 aliphatic carbocycles. The second-order valence-corrected chi connectivity index (χ2v) is 7.23. The van der Waals surface area contributed by atoms with E-state index < -0.39 is 15.8 Å². The summed E-state index contributed by atoms with van der Waals surface area (Å²) in [6.45, 7) is 2.32. The smallest absolute Gasteiger partial charge is 0.342 e. The van der Waals surface area contributed by atoms with Gasteiger partial charge in [0.1, 0.15) is 25.1 Å². The molecule has 0 atom stereocenters. The number of benzene rings is 1. The van der Waals surface area contributed by atoms with Crippen molar-refractivity contribution in [2.75, 3.05) is 19.8 Å². The van der Waals surface area contributed by atoms with Crippen molar-refractivity contribution in [3.05, 3.63) is 66.5 Å². The number of unbranched alkanes of at least 4 members (excludes halogenated alkanes) is 3. The zero-order valence-corrected chi connectivity index (χ0v) is 18.7. The minimum Gasteiger partial charge on any atom is -0.494 e. The van der Waals surface area contributed by atoms with Crippen molar-refractivity contribution in [3.63, 3.8) is 0 Å². The second-order valence-electron chi connectivity index (χ2n) is 7.23. The number of aryl methyl sites for hydroxylation is 1. The average Bonchev–Trinajstić information content (AvgIpc) is 3.16. The Morgan fingerprint density at radius 1 is 1.18 bits per heavy atom. The Hall–Kier alpha value is -4.19. The van der Waals surface area contributed by atoms with Gasteiger partial charge in [-0.1, -0.05) is 18.0 Å². The fourth-order valence-electron chi connectivity index (χ4n) is 3.18. The summed E-state index contributed by atoms with van der Waals surface area (Å²) in [4.78, 5) is 40.0. The zero-order chi connectivity index (χ0) is 24.9. The lowest BCUT2D eigenvalue weighted by Gasteiger charge is -2.09. The van der Waals surface area contributed by atoms with E-state index in [0.717, 1.165) is 31.9 Å². The Bertz CT molecular complexity index is 1060. The maximum Gasteiger partial charge on any atom is 0.342 e. The minimum atomic E-state index is -0.708. The third-order valence-electron chi connectivity index (χ3n) is 4.87. The summed E-state index contributed by atoms with van der Waals surface area (Å²) in [5.41, 5.74) is 8.14. The highest BCUT2D eigenvalue weighted by Crippen LogP contribution is 2.25. The van der Waals surface area contributed by atoms with Crippen LogP contribution in [0.5, 0.6) is 5.75 Å². The first-order valence-electron chi connectivity index (χ1n) is 10.6. The van der Waals surface area contributed by atoms with E-state index in [-0.39, 0.29) is 36.6 Å². The molecule has 182 valence electrons. The zero-order valence-electron chi connectivity index (χ0n) is 18.7. The van der Waals surface area contributed by atoms with Crippen molar-refractivity contribution in [2.24, 2.45) is 5.11 Å². The molecule has 2 rings (SSSR count). The number of carbonyl (C=O) groups excluding carboxylic acids is 1. The maximum absolute atomic E-state index is 12.3. The molecule has 0 spiro atoms. The fraction of sp³-hybridized carbons (Fsp3) is 0.500. The van der Waals surface area contributed by atoms with Gasteiger partial charge in [0.15, 0.2) is 5.82 Å². The number of imidazole rings is 1. The Morgan fingerprint density at radius 2 is 1.94 bits per heavy atom. The predicted molar refractivity (Wildman–Crippen MR) is 119 cm³/mol. The van der Waals surface area contributed by atoms with Gasteiger partial charge in [-0.2, -0.15) is 0 Å². The topological polar surface area (TPSA) is 188 Å². The predicted octanol–water partition coefficient (Wildman–Crippen LogP) is 4.04. The molecule has 0 fully saturated rings. The SMILES string of the molecule is Cc1ncc([N+](=O)[O-])n1CCOC(=O)Cc1cc(OCCCCCCN=[N+]=[N-])ccc1[N+](=O)[O-]. The van der Waals surface area contributed by atoms with Crippen LogP contribution in [0.2, 0.25) is 0 Å². The number of ether oxygens (including phenoxy) is 2. The van der Waals surface area contributed by atoms with Gasteiger partial charge < -0.3 is 19.6 Å². The molecule has 1 aromatic heterocycles. The number of hydrogen-bond acceptors (Lipinski definition) is 9. The summed E-state index contributed by atoms with van der Waals surface area (Å²) in [7, 11) is 0. The van der Waals surface area contributed by atoms with Crippen LogP contribution in [0, 0.1) is 27.2 Å². The van der Waals surface area contributed by atoms with E-state index in [1.165, 1.54) is 22.8 Å². The molecule has 0 aliphatic heterocycles. The molecule has 0 saturated heterocycles. The molecular formula is C20H25N7O7. The lowest BCUT2D eigenvalue weighted by molar-refractivity contribution is -0.392. The molecule has 0 N–H and O–H groups in total. The Balaban J connectivity index is 1.88. The molecular weight excluding hydrogens is 450 g/mol. The van der Waals surface area contributed by atoms with Crippen molar-refractivity contribution >= 4 is 17.5 Å². The average molecular weight is 475 g/mol. The first-order valence-corrected chi connectivity index (χ1v) is 10.6. The standard InChI is InChI=1S/C20H25N7O7/c1-15-22-14-19(27(31)32)25(15)9-11-34-20(28)13-16-12-17(6-7-18(16)26(29)30)33-10-5-3-2-4-8-23-24-21/h6-7,12,14H,2-5,8-11,13H2,1H3. The van der Waals surface area contributed by atoms with Gasteiger partial charge in [-0.05, 0) is 35.4 Å². The summed E-state index contributed by atoms with van der Waals surface area (Å²) in [6, 6.07) is 4.18. The van der Waals surface area contributed by atoms with E-state index in [1.54, 1.807) is 6.92 Å². The normalized spacial score (nSPS) is 10.4. The number of nitro groups is 2. The summed E-state index contributed by atoms with van der Waals surface area (Å²) in [5, 5.41) is 25.8. The van der Waals surface area contributed by atoms with Crippen LogP contribution in [0.15, 0.2) is 29.5 Å². The van der Waals surface area contributed by atoms with E-state index in [4.69, 9.17) is 15.0 Å². The van der Waals surface area contributed by atoms with Crippen molar-refractivity contribution in [2.45, 2.75) is 45.6 Å². The van der Waals surface area contributed by atoms with E-state index in [9.17, 15) is 25.0 Å². The molecule has 1 heterocycles. The van der Waals surface area contributed by atoms with Gasteiger partial charge in [-0.3, -0.25) is 14.9 Å². The van der Waals surface area contributed by atoms with Crippen LogP contribution in [-0.4, -0.2) is 45.1 Å². The van der Waals surface area contributed by atoms with Crippen molar-refractivity contribution in [3.8, 4) is 5.75 Å². The van der Waals surface area contributed by atoms with E-state index in [1.807, 2.05) is 0 Å². The quantitative estimate of drug-likeness (QED) is 0.0701. The first kappa shape index (κ1) is 26.1. The molecule has 0 aliphatic rings. The highest BCUT2D eigenvalue weighted by molar-refractivity contribution is 5.74. The van der Waals surface area contributed by atoms with Gasteiger partial charge in [-0.25, -0.2) is 9.55 Å². The van der Waals surface area contributed by atoms with Crippen LogP contribution in [0.1, 0.15) is 37.1 Å². The molecule has 14 heteroatoms. The third kappa shape index (κ3) is 8.06. The first-order chi connectivity index (χ1) is 16.3. The van der Waals surface area contributed by atoms with E-state index in [0.29, 0.717) is 24.7 Å². The molecule has 0 amide bonds. The van der Waals surface area contributed by atoms with Crippen LogP contribution in [0.3, 0.4) is 0 Å². The summed E-state index contributed by atoms with van der Waals surface area (Å²) in [5.74, 6) is -0.128. The molecule has 2 aromatic rings. The van der Waals surface area contributed by atoms with Crippen LogP contribution >= 0.6 is 0 Å². The summed E-state index contributed by atoms with van der Waals surface area (Å²) < 4.78 is 12.1. The van der Waals surface area contributed by atoms with Crippen molar-refractivity contribution in [1.29, 1.82) is 0 Å². The van der Waals surface area contributed by atoms with E-state index in [2.05, 4.69) is 15.0 Å². The van der Waals surface area contributed by atoms with E-state index >= 15 is 0 Å². The van der Waals surface area contributed by atoms with Crippen molar-refractivity contribution < 1.29 is 24.1 Å². The van der Waals surface area contributed by atoms with Gasteiger partial charge in [0.05, 0.1) is 18.0 Å². The van der Waals surface area contributed by atoms with Gasteiger partial charge in [-0.15, -0.1) is 0 Å². The number of nitro benzene ring substituents is 1. The molecule has 0 unspecified atom stereocenters. The second kappa shape index (κ2) is 13.4. The lowest BCUT2D eigenvalue weighted by atomic mass is 10.1. The highest BCUT2D eigenvalue weighted by atomic mass is 16.6. The molecule has 0 saturated carbocycles. The number of nitrogens with zero attached hydrogens (tertiary/aromatic N) is 7. The number of aromatic nitrogens is 2. The van der Waals surface area contributed by atoms with Crippen LogP contribution in [0.4, 0.5) is 11.5 Å². The number of carbonyl (C=O) groups is 1. The van der Waals surface area contributed by atoms with Gasteiger partial charge in [0.25, 0.3) is 5.69 Å². The van der Waals surface area contributed by atoms with Crippen molar-refractivity contribution in [1.82, 2.24) is 9.55 Å². The van der Waals surface area contributed by atoms with Crippen LogP contribution in [0.25, 0.3) is 10.4 Å². The Labute approximate surface area is 194 Å². The minimum absolute atomic E-state index is 0.0298. The Morgan fingerprint density at radius 3 is 2.65 bits per heavy atom.